The maximum atomic E-state index is 6.37. The van der Waals surface area contributed by atoms with Crippen molar-refractivity contribution < 1.29 is 0 Å². The molecule has 0 amide bonds. The molecule has 0 atom stereocenters. The van der Waals surface area contributed by atoms with Crippen LogP contribution in [0.4, 0.5) is 5.69 Å². The summed E-state index contributed by atoms with van der Waals surface area (Å²) in [6.45, 7) is 0.652. The molecule has 31 heavy (non-hydrogen) atoms. The summed E-state index contributed by atoms with van der Waals surface area (Å²) in [6.07, 6.45) is 0. The Hall–Kier alpha value is -3.76. The van der Waals surface area contributed by atoms with Gasteiger partial charge in [0.2, 0.25) is 5.78 Å². The van der Waals surface area contributed by atoms with Crippen molar-refractivity contribution in [3.8, 4) is 5.69 Å². The van der Waals surface area contributed by atoms with Crippen LogP contribution in [-0.4, -0.2) is 14.0 Å². The topological polar surface area (TPSA) is 34.3 Å². The summed E-state index contributed by atoms with van der Waals surface area (Å²) in [5.41, 5.74) is 7.55. The first kappa shape index (κ1) is 18.0. The Bertz CT molecular complexity index is 1550. The van der Waals surface area contributed by atoms with E-state index in [1.165, 1.54) is 5.56 Å². The highest BCUT2D eigenvalue weighted by atomic mass is 35.5. The lowest BCUT2D eigenvalue weighted by atomic mass is 10.1. The van der Waals surface area contributed by atoms with Crippen molar-refractivity contribution in [1.29, 1.82) is 0 Å². The molecule has 0 radical (unpaired) electrons. The third kappa shape index (κ3) is 2.87. The lowest BCUT2D eigenvalue weighted by molar-refractivity contribution is 1.08. The van der Waals surface area contributed by atoms with Gasteiger partial charge < -0.3 is 5.32 Å². The van der Waals surface area contributed by atoms with Gasteiger partial charge in [0.15, 0.2) is 0 Å². The third-order valence-electron chi connectivity index (χ3n) is 5.66. The van der Waals surface area contributed by atoms with Crippen LogP contribution in [0.25, 0.3) is 33.5 Å². The normalized spacial score (nSPS) is 11.5. The first-order valence-corrected chi connectivity index (χ1v) is 10.6. The number of halogens is 1. The minimum Gasteiger partial charge on any atom is -0.380 e. The summed E-state index contributed by atoms with van der Waals surface area (Å²) in [5, 5.41) is 4.22. The van der Waals surface area contributed by atoms with Crippen molar-refractivity contribution in [3.05, 3.63) is 108 Å². The third-order valence-corrected chi connectivity index (χ3v) is 5.99. The molecule has 5 heteroatoms. The first-order chi connectivity index (χ1) is 15.3. The Morgan fingerprint density at radius 3 is 2.35 bits per heavy atom. The van der Waals surface area contributed by atoms with Crippen LogP contribution in [0.1, 0.15) is 5.56 Å². The number of para-hydroxylation sites is 5. The molecular formula is C26H19ClN4. The Labute approximate surface area is 184 Å². The van der Waals surface area contributed by atoms with E-state index < -0.39 is 0 Å². The molecule has 0 aliphatic heterocycles. The number of anilines is 1. The molecule has 2 heterocycles. The van der Waals surface area contributed by atoms with Crippen LogP contribution in [0.15, 0.2) is 97.1 Å². The highest BCUT2D eigenvalue weighted by Gasteiger charge is 2.19. The number of nitrogens with zero attached hydrogens (tertiary/aromatic N) is 3. The van der Waals surface area contributed by atoms with Gasteiger partial charge in [-0.05, 0) is 48.0 Å². The van der Waals surface area contributed by atoms with Gasteiger partial charge in [-0.3, -0.25) is 8.97 Å². The molecule has 2 aromatic heterocycles. The smallest absolute Gasteiger partial charge is 0.220 e. The van der Waals surface area contributed by atoms with Crippen LogP contribution in [0.3, 0.4) is 0 Å². The van der Waals surface area contributed by atoms with Gasteiger partial charge in [-0.15, -0.1) is 0 Å². The lowest BCUT2D eigenvalue weighted by Gasteiger charge is -2.12. The van der Waals surface area contributed by atoms with Gasteiger partial charge >= 0.3 is 0 Å². The fraction of sp³-hybridized carbons (Fsp3) is 0.0385. The minimum absolute atomic E-state index is 0.652. The number of imidazole rings is 2. The molecule has 0 saturated carbocycles. The van der Waals surface area contributed by atoms with Crippen LogP contribution >= 0.6 is 11.6 Å². The van der Waals surface area contributed by atoms with Crippen molar-refractivity contribution in [2.75, 3.05) is 5.32 Å². The molecule has 6 rings (SSSR count). The maximum Gasteiger partial charge on any atom is 0.220 e. The molecule has 0 aliphatic rings. The monoisotopic (exact) mass is 422 g/mol. The van der Waals surface area contributed by atoms with Crippen LogP contribution in [0.2, 0.25) is 5.02 Å². The fourth-order valence-electron chi connectivity index (χ4n) is 4.28. The van der Waals surface area contributed by atoms with E-state index in [0.29, 0.717) is 11.6 Å². The second-order valence-electron chi connectivity index (χ2n) is 7.53. The quantitative estimate of drug-likeness (QED) is 0.343. The van der Waals surface area contributed by atoms with Crippen molar-refractivity contribution in [2.45, 2.75) is 6.54 Å². The summed E-state index contributed by atoms with van der Waals surface area (Å²) in [6, 6.07) is 32.9. The number of nitrogens with one attached hydrogen (secondary N) is 1. The molecule has 6 aromatic rings. The van der Waals surface area contributed by atoms with Gasteiger partial charge in [-0.25, -0.2) is 4.98 Å². The highest BCUT2D eigenvalue weighted by Crippen LogP contribution is 2.32. The number of benzene rings is 4. The van der Waals surface area contributed by atoms with Crippen LogP contribution in [-0.2, 0) is 6.54 Å². The molecule has 4 aromatic carbocycles. The van der Waals surface area contributed by atoms with E-state index in [2.05, 4.69) is 74.9 Å². The molecule has 0 saturated heterocycles. The lowest BCUT2D eigenvalue weighted by Crippen LogP contribution is -2.03. The largest absolute Gasteiger partial charge is 0.380 e. The Balaban J connectivity index is 1.62. The predicted molar refractivity (Wildman–Crippen MR) is 128 cm³/mol. The van der Waals surface area contributed by atoms with Gasteiger partial charge in [-0.2, -0.15) is 0 Å². The minimum atomic E-state index is 0.652. The van der Waals surface area contributed by atoms with Gasteiger partial charge in [0.1, 0.15) is 0 Å². The zero-order chi connectivity index (χ0) is 20.8. The second-order valence-corrected chi connectivity index (χ2v) is 7.93. The van der Waals surface area contributed by atoms with Crippen LogP contribution in [0.5, 0.6) is 0 Å². The summed E-state index contributed by atoms with van der Waals surface area (Å²) in [5.74, 6) is 0.910. The van der Waals surface area contributed by atoms with E-state index in [0.717, 1.165) is 39.2 Å². The van der Waals surface area contributed by atoms with E-state index in [9.17, 15) is 0 Å². The van der Waals surface area contributed by atoms with Crippen molar-refractivity contribution >= 4 is 45.1 Å². The number of rotatable bonds is 4. The average molecular weight is 423 g/mol. The number of aromatic nitrogens is 3. The Kier molecular flexibility index (Phi) is 4.18. The summed E-state index contributed by atoms with van der Waals surface area (Å²) < 4.78 is 4.50. The van der Waals surface area contributed by atoms with Crippen molar-refractivity contribution in [1.82, 2.24) is 14.0 Å². The molecule has 1 N–H and O–H groups in total. The summed E-state index contributed by atoms with van der Waals surface area (Å²) >= 11 is 6.37. The van der Waals surface area contributed by atoms with Gasteiger partial charge in [0.05, 0.1) is 32.8 Å². The molecule has 0 bridgehead atoms. The van der Waals surface area contributed by atoms with Crippen LogP contribution in [0, 0.1) is 0 Å². The van der Waals surface area contributed by atoms with Gasteiger partial charge in [0.25, 0.3) is 0 Å². The molecule has 0 aliphatic carbocycles. The first-order valence-electron chi connectivity index (χ1n) is 10.2. The zero-order valence-corrected chi connectivity index (χ0v) is 17.4. The zero-order valence-electron chi connectivity index (χ0n) is 16.7. The number of hydrogen-bond donors (Lipinski definition) is 1. The van der Waals surface area contributed by atoms with Crippen molar-refractivity contribution in [2.24, 2.45) is 0 Å². The average Bonchev–Trinajstić information content (AvgIpc) is 3.34. The van der Waals surface area contributed by atoms with E-state index in [4.69, 9.17) is 16.6 Å². The SMILES string of the molecule is Clc1ccccc1NCc1cccc2c1n(-c1ccccc1)c1nc3ccccc3n21. The van der Waals surface area contributed by atoms with E-state index in [1.54, 1.807) is 0 Å². The van der Waals surface area contributed by atoms with E-state index in [-0.39, 0.29) is 0 Å². The fourth-order valence-corrected chi connectivity index (χ4v) is 4.48. The number of fused-ring (bicyclic) bond motifs is 5. The van der Waals surface area contributed by atoms with E-state index in [1.807, 2.05) is 36.4 Å². The van der Waals surface area contributed by atoms with Gasteiger partial charge in [-0.1, -0.05) is 66.2 Å². The Morgan fingerprint density at radius 1 is 0.742 bits per heavy atom. The molecule has 0 unspecified atom stereocenters. The van der Waals surface area contributed by atoms with Crippen LogP contribution < -0.4 is 5.32 Å². The maximum absolute atomic E-state index is 6.37. The highest BCUT2D eigenvalue weighted by molar-refractivity contribution is 6.33. The predicted octanol–water partition coefficient (Wildman–Crippen LogP) is 6.70. The molecular weight excluding hydrogens is 404 g/mol. The summed E-state index contributed by atoms with van der Waals surface area (Å²) in [4.78, 5) is 4.99. The molecule has 0 fully saturated rings. The molecule has 150 valence electrons. The molecule has 0 spiro atoms. The summed E-state index contributed by atoms with van der Waals surface area (Å²) in [7, 11) is 0. The second kappa shape index (κ2) is 7.18. The standard InChI is InChI=1S/C26H19ClN4/c27-20-12-4-5-13-21(20)28-17-18-9-8-16-24-25(18)30(19-10-2-1-3-11-19)26-29-22-14-6-7-15-23(22)31(24)26/h1-16,28H,17H2. The van der Waals surface area contributed by atoms with Gasteiger partial charge in [0, 0.05) is 12.2 Å². The van der Waals surface area contributed by atoms with E-state index >= 15 is 0 Å². The Morgan fingerprint density at radius 2 is 1.48 bits per heavy atom. The molecule has 4 nitrogen and oxygen atoms in total. The number of hydrogen-bond acceptors (Lipinski definition) is 2. The van der Waals surface area contributed by atoms with Crippen molar-refractivity contribution in [3.63, 3.8) is 0 Å².